The third-order valence-electron chi connectivity index (χ3n) is 5.69. The Kier molecular flexibility index (Phi) is 8.93. The van der Waals surface area contributed by atoms with E-state index in [4.69, 9.17) is 14.5 Å². The zero-order valence-corrected chi connectivity index (χ0v) is 21.6. The molecule has 0 bridgehead atoms. The highest BCUT2D eigenvalue weighted by Gasteiger charge is 2.41. The van der Waals surface area contributed by atoms with Crippen molar-refractivity contribution in [3.63, 3.8) is 0 Å². The molecule has 0 spiro atoms. The number of hydrogen-bond acceptors (Lipinski definition) is 8. The first-order chi connectivity index (χ1) is 16.2. The van der Waals surface area contributed by atoms with Crippen LogP contribution in [0.3, 0.4) is 0 Å². The van der Waals surface area contributed by atoms with Crippen LogP contribution in [0.25, 0.3) is 0 Å². The van der Waals surface area contributed by atoms with Crippen molar-refractivity contribution in [2.45, 2.75) is 33.2 Å². The van der Waals surface area contributed by atoms with Gasteiger partial charge >= 0.3 is 5.97 Å². The average molecular weight is 487 g/mol. The number of likely N-dealkylation sites (N-methyl/N-ethyl adjacent to an activating group) is 1. The molecule has 0 aliphatic carbocycles. The fourth-order valence-electron chi connectivity index (χ4n) is 3.92. The highest BCUT2D eigenvalue weighted by molar-refractivity contribution is 8.16. The maximum Gasteiger partial charge on any atom is 0.338 e. The zero-order chi connectivity index (χ0) is 24.8. The molecule has 0 saturated heterocycles. The number of benzene rings is 1. The predicted molar refractivity (Wildman–Crippen MR) is 135 cm³/mol. The van der Waals surface area contributed by atoms with Gasteiger partial charge in [-0.2, -0.15) is 0 Å². The van der Waals surface area contributed by atoms with E-state index in [0.29, 0.717) is 24.4 Å². The van der Waals surface area contributed by atoms with Gasteiger partial charge in [-0.1, -0.05) is 35.5 Å². The Morgan fingerprint density at radius 1 is 1.21 bits per heavy atom. The van der Waals surface area contributed by atoms with Crippen molar-refractivity contribution in [2.24, 2.45) is 4.99 Å². The predicted octanol–water partition coefficient (Wildman–Crippen LogP) is 3.14. The molecule has 1 aromatic rings. The molecule has 0 saturated carbocycles. The topological polar surface area (TPSA) is 83.5 Å². The lowest BCUT2D eigenvalue weighted by molar-refractivity contribution is -0.141. The second-order valence-corrected chi connectivity index (χ2v) is 9.55. The molecule has 1 N–H and O–H groups in total. The first-order valence-electron chi connectivity index (χ1n) is 11.3. The number of aryl methyl sites for hydroxylation is 2. The number of allylic oxidation sites excluding steroid dienone is 1. The number of amides is 1. The summed E-state index contributed by atoms with van der Waals surface area (Å²) in [5, 5.41) is 5.68. The van der Waals surface area contributed by atoms with Crippen molar-refractivity contribution in [1.29, 1.82) is 0 Å². The molecule has 1 atom stereocenters. The number of carbonyl (C=O) groups excluding carboxylic acids is 2. The number of fused-ring (bicyclic) bond motifs is 1. The van der Waals surface area contributed by atoms with Gasteiger partial charge in [0.1, 0.15) is 6.61 Å². The Balaban J connectivity index is 1.95. The van der Waals surface area contributed by atoms with Gasteiger partial charge in [-0.3, -0.25) is 4.79 Å². The van der Waals surface area contributed by atoms with Crippen LogP contribution in [-0.4, -0.2) is 74.4 Å². The van der Waals surface area contributed by atoms with Crippen molar-refractivity contribution >= 4 is 28.8 Å². The lowest BCUT2D eigenvalue weighted by Crippen LogP contribution is -2.39. The van der Waals surface area contributed by atoms with E-state index in [2.05, 4.69) is 23.5 Å². The summed E-state index contributed by atoms with van der Waals surface area (Å²) in [5.41, 5.74) is 5.05. The maximum absolute atomic E-state index is 13.2. The first kappa shape index (κ1) is 26.0. The Morgan fingerprint density at radius 2 is 1.97 bits per heavy atom. The molecule has 2 aliphatic heterocycles. The van der Waals surface area contributed by atoms with Gasteiger partial charge in [0.05, 0.1) is 30.3 Å². The van der Waals surface area contributed by atoms with Crippen LogP contribution in [0.15, 0.2) is 45.6 Å². The Bertz CT molecular complexity index is 1030. The van der Waals surface area contributed by atoms with Crippen molar-refractivity contribution in [1.82, 2.24) is 15.1 Å². The molecule has 9 heteroatoms. The number of nitrogens with one attached hydrogen (secondary N) is 1. The summed E-state index contributed by atoms with van der Waals surface area (Å²) < 4.78 is 10.6. The Hall–Kier alpha value is -2.62. The molecule has 2 aliphatic rings. The lowest BCUT2D eigenvalue weighted by atomic mass is 9.90. The third kappa shape index (κ3) is 6.08. The smallest absolute Gasteiger partial charge is 0.338 e. The summed E-state index contributed by atoms with van der Waals surface area (Å²) >= 11 is 1.47. The Morgan fingerprint density at radius 3 is 2.68 bits per heavy atom. The SMILES string of the molecule is COCCOC(=O)C1=C(C)N=C2SC=C(CC(=O)NCCN(C)C)N2[C@H]1c1cc(C)ccc1C. The molecule has 8 nitrogen and oxygen atoms in total. The molecule has 1 aromatic carbocycles. The molecule has 1 amide bonds. The molecule has 2 heterocycles. The van der Waals surface area contributed by atoms with E-state index in [1.165, 1.54) is 11.8 Å². The molecule has 0 fully saturated rings. The normalized spacial score (nSPS) is 17.5. The second kappa shape index (κ2) is 11.7. The van der Waals surface area contributed by atoms with Gasteiger partial charge in [-0.15, -0.1) is 0 Å². The highest BCUT2D eigenvalue weighted by Crippen LogP contribution is 2.45. The van der Waals surface area contributed by atoms with E-state index in [9.17, 15) is 9.59 Å². The number of methoxy groups -OCH3 is 1. The minimum atomic E-state index is -0.432. The second-order valence-electron chi connectivity index (χ2n) is 8.71. The largest absolute Gasteiger partial charge is 0.460 e. The van der Waals surface area contributed by atoms with E-state index in [1.807, 2.05) is 50.1 Å². The molecule has 0 radical (unpaired) electrons. The average Bonchev–Trinajstić information content (AvgIpc) is 3.16. The minimum absolute atomic E-state index is 0.0647. The molecule has 34 heavy (non-hydrogen) atoms. The quantitative estimate of drug-likeness (QED) is 0.402. The maximum atomic E-state index is 13.2. The summed E-state index contributed by atoms with van der Waals surface area (Å²) in [6.07, 6.45) is 0.200. The summed E-state index contributed by atoms with van der Waals surface area (Å²) in [5.74, 6) is -0.486. The zero-order valence-electron chi connectivity index (χ0n) is 20.8. The van der Waals surface area contributed by atoms with Crippen LogP contribution in [0, 0.1) is 13.8 Å². The van der Waals surface area contributed by atoms with E-state index < -0.39 is 12.0 Å². The van der Waals surface area contributed by atoms with Gasteiger partial charge in [0, 0.05) is 25.9 Å². The molecule has 0 unspecified atom stereocenters. The van der Waals surface area contributed by atoms with Crippen LogP contribution < -0.4 is 5.32 Å². The fourth-order valence-corrected chi connectivity index (χ4v) is 4.89. The van der Waals surface area contributed by atoms with Gasteiger partial charge < -0.3 is 24.6 Å². The van der Waals surface area contributed by atoms with Gasteiger partial charge in [0.2, 0.25) is 5.91 Å². The van der Waals surface area contributed by atoms with Gasteiger partial charge in [-0.25, -0.2) is 9.79 Å². The number of amidine groups is 1. The molecule has 0 aromatic heterocycles. The van der Waals surface area contributed by atoms with Crippen LogP contribution in [0.4, 0.5) is 0 Å². The van der Waals surface area contributed by atoms with Crippen LogP contribution in [0.1, 0.15) is 36.1 Å². The number of nitrogens with zero attached hydrogens (tertiary/aromatic N) is 3. The van der Waals surface area contributed by atoms with E-state index in [0.717, 1.165) is 34.1 Å². The van der Waals surface area contributed by atoms with E-state index >= 15 is 0 Å². The Labute approximate surface area is 206 Å². The lowest BCUT2D eigenvalue weighted by Gasteiger charge is -2.37. The number of ether oxygens (including phenoxy) is 2. The van der Waals surface area contributed by atoms with Crippen molar-refractivity contribution in [3.8, 4) is 0 Å². The molecular formula is C25H34N4O4S. The van der Waals surface area contributed by atoms with Gasteiger partial charge in [0.25, 0.3) is 0 Å². The van der Waals surface area contributed by atoms with Crippen LogP contribution in [0.2, 0.25) is 0 Å². The van der Waals surface area contributed by atoms with Gasteiger partial charge in [-0.05, 0) is 51.4 Å². The number of aliphatic imine (C=N–C) groups is 1. The van der Waals surface area contributed by atoms with E-state index in [1.54, 1.807) is 7.11 Å². The fraction of sp³-hybridized carbons (Fsp3) is 0.480. The third-order valence-corrected chi connectivity index (χ3v) is 6.58. The number of esters is 1. The minimum Gasteiger partial charge on any atom is -0.460 e. The van der Waals surface area contributed by atoms with Crippen LogP contribution in [-0.2, 0) is 19.1 Å². The van der Waals surface area contributed by atoms with Crippen molar-refractivity contribution in [2.75, 3.05) is 47.5 Å². The van der Waals surface area contributed by atoms with Crippen molar-refractivity contribution < 1.29 is 19.1 Å². The number of rotatable bonds is 10. The van der Waals surface area contributed by atoms with Crippen molar-refractivity contribution in [3.05, 3.63) is 57.3 Å². The van der Waals surface area contributed by atoms with Crippen LogP contribution in [0.5, 0.6) is 0 Å². The summed E-state index contributed by atoms with van der Waals surface area (Å²) in [6, 6.07) is 5.77. The number of carbonyl (C=O) groups is 2. The summed E-state index contributed by atoms with van der Waals surface area (Å²) in [4.78, 5) is 34.7. The number of thioether (sulfide) groups is 1. The van der Waals surface area contributed by atoms with E-state index in [-0.39, 0.29) is 18.9 Å². The standard InChI is InChI=1S/C25H34N4O4S/c1-16-7-8-17(2)20(13-16)23-22(24(31)33-12-11-32-6)18(3)27-25-29(23)19(15-34-25)14-21(30)26-9-10-28(4)5/h7-8,13,15,23H,9-12,14H2,1-6H3,(H,26,30)/t23-/m0/s1. The number of hydrogen-bond donors (Lipinski definition) is 1. The monoisotopic (exact) mass is 486 g/mol. The summed E-state index contributed by atoms with van der Waals surface area (Å²) in [7, 11) is 5.50. The summed E-state index contributed by atoms with van der Waals surface area (Å²) in [6.45, 7) is 7.71. The highest BCUT2D eigenvalue weighted by atomic mass is 32.2. The molecule has 3 rings (SSSR count). The molecule has 184 valence electrons. The van der Waals surface area contributed by atoms with Crippen LogP contribution >= 0.6 is 11.8 Å². The molecular weight excluding hydrogens is 452 g/mol. The van der Waals surface area contributed by atoms with Gasteiger partial charge in [0.15, 0.2) is 5.17 Å². The first-order valence-corrected chi connectivity index (χ1v) is 12.2.